The van der Waals surface area contributed by atoms with Gasteiger partial charge in [0.1, 0.15) is 34.2 Å². The first-order chi connectivity index (χ1) is 42.9. The summed E-state index contributed by atoms with van der Waals surface area (Å²) in [6.07, 6.45) is 3.27. The number of carbonyl (C=O) groups is 8. The van der Waals surface area contributed by atoms with Crippen LogP contribution in [0.15, 0.2) is 78.2 Å². The van der Waals surface area contributed by atoms with Crippen LogP contribution in [0.3, 0.4) is 0 Å². The first-order valence-corrected chi connectivity index (χ1v) is 32.7. The molecule has 92 heavy (non-hydrogen) atoms. The number of fused-ring (bicyclic) bond motifs is 4. The van der Waals surface area contributed by atoms with Crippen molar-refractivity contribution in [1.29, 1.82) is 0 Å². The SMILES string of the molecule is Nc1nc(C(=NOC2(C(=O)O)CCCC2)C(=O)N[C@@H]2C(=O)N3C(C(=O)[O-])=C(CSc4nc5cc(O)c(O)cc5[nH]4)CS[C@H]23)cs1.Nc1nc(C(=NOC2(C(=O)O)CCCC2)C(=O)N[C@@H]2C(=O)N3C(C(=O)[O-])=C(CSc4nc5cc(O)c(O)cc5[nH]4)CS[C@H]23)cs1.[Na+].[Na+]. The number of β-lactam (4-membered cyclic amide) rings is 2. The number of nitrogens with one attached hydrogen (secondary N) is 4. The van der Waals surface area contributed by atoms with Crippen LogP contribution in [0.2, 0.25) is 0 Å². The molecule has 0 unspecified atom stereocenters. The number of anilines is 2. The van der Waals surface area contributed by atoms with Crippen molar-refractivity contribution in [2.45, 2.75) is 95.7 Å². The molecular weight excluding hydrogens is 1350 g/mol. The Balaban J connectivity index is 0.000000213. The Kier molecular flexibility index (Phi) is 21.3. The van der Waals surface area contributed by atoms with Gasteiger partial charge in [-0.15, -0.1) is 46.2 Å². The van der Waals surface area contributed by atoms with Crippen LogP contribution < -0.4 is 91.4 Å². The molecule has 4 amide bonds. The van der Waals surface area contributed by atoms with Gasteiger partial charge in [-0.3, -0.25) is 29.0 Å². The average Bonchev–Trinajstić information content (AvgIpc) is 0.888. The van der Waals surface area contributed by atoms with Crippen molar-refractivity contribution in [1.82, 2.24) is 50.3 Å². The average molecular weight is 1400 g/mol. The second kappa shape index (κ2) is 28.3. The Morgan fingerprint density at radius 3 is 1.30 bits per heavy atom. The van der Waals surface area contributed by atoms with Gasteiger partial charge in [-0.2, -0.15) is 0 Å². The molecule has 8 heterocycles. The summed E-state index contributed by atoms with van der Waals surface area (Å²) in [7, 11) is 0. The van der Waals surface area contributed by atoms with Gasteiger partial charge in [0, 0.05) is 83.7 Å². The number of benzene rings is 2. The van der Waals surface area contributed by atoms with Crippen LogP contribution in [-0.2, 0) is 48.0 Å². The number of aliphatic carboxylic acids is 4. The molecule has 2 saturated heterocycles. The van der Waals surface area contributed by atoms with Crippen molar-refractivity contribution >= 4 is 161 Å². The van der Waals surface area contributed by atoms with E-state index in [1.807, 2.05) is 0 Å². The number of oxime groups is 2. The Bertz CT molecular complexity index is 3790. The molecule has 14 N–H and O–H groups in total. The smallest absolute Gasteiger partial charge is 0.543 e. The summed E-state index contributed by atoms with van der Waals surface area (Å²) in [5.41, 5.74) is 9.50. The number of rotatable bonds is 20. The number of nitrogens with zero attached hydrogens (tertiary/aromatic N) is 8. The van der Waals surface area contributed by atoms with Gasteiger partial charge in [-0.25, -0.2) is 29.5 Å². The van der Waals surface area contributed by atoms with Crippen molar-refractivity contribution in [3.8, 4) is 23.0 Å². The van der Waals surface area contributed by atoms with Gasteiger partial charge in [-0.05, 0) is 36.8 Å². The molecule has 4 aliphatic heterocycles. The predicted molar refractivity (Wildman–Crippen MR) is 320 cm³/mol. The maximum atomic E-state index is 13.4. The van der Waals surface area contributed by atoms with Crippen molar-refractivity contribution in [2.75, 3.05) is 34.5 Å². The fourth-order valence-electron chi connectivity index (χ4n) is 10.5. The van der Waals surface area contributed by atoms with E-state index in [4.69, 9.17) is 21.1 Å². The zero-order valence-electron chi connectivity index (χ0n) is 48.0. The van der Waals surface area contributed by atoms with Gasteiger partial charge in [-0.1, -0.05) is 33.8 Å². The summed E-state index contributed by atoms with van der Waals surface area (Å²) < 4.78 is 0. The van der Waals surface area contributed by atoms with Crippen LogP contribution in [0, 0.1) is 0 Å². The third-order valence-corrected chi connectivity index (χ3v) is 21.1. The molecule has 0 radical (unpaired) electrons. The van der Waals surface area contributed by atoms with Crippen molar-refractivity contribution in [3.05, 3.63) is 69.0 Å². The Labute approximate surface area is 586 Å². The minimum Gasteiger partial charge on any atom is -0.543 e. The van der Waals surface area contributed by atoms with Crippen LogP contribution in [-0.4, -0.2) is 186 Å². The molecular formula is C52H48N14Na2O18S6. The van der Waals surface area contributed by atoms with E-state index >= 15 is 0 Å². The number of thiazole rings is 2. The topological polar surface area (TPSA) is 513 Å². The number of hydrogen-bond donors (Lipinski definition) is 12. The van der Waals surface area contributed by atoms with E-state index in [2.05, 4.69) is 50.8 Å². The van der Waals surface area contributed by atoms with Crippen molar-refractivity contribution in [3.63, 3.8) is 0 Å². The molecule has 12 rings (SSSR count). The third-order valence-electron chi connectivity index (χ3n) is 15.1. The summed E-state index contributed by atoms with van der Waals surface area (Å²) in [5.74, 6) is -9.31. The molecule has 2 aliphatic carbocycles. The molecule has 40 heteroatoms. The summed E-state index contributed by atoms with van der Waals surface area (Å²) >= 11 is 6.84. The Morgan fingerprint density at radius 1 is 0.620 bits per heavy atom. The molecule has 6 aliphatic rings. The number of H-pyrrole nitrogens is 2. The number of phenols is 4. The number of aromatic hydroxyl groups is 4. The van der Waals surface area contributed by atoms with Crippen LogP contribution >= 0.6 is 69.7 Å². The van der Waals surface area contributed by atoms with Crippen molar-refractivity contribution in [2.24, 2.45) is 10.3 Å². The fraction of sp³-hybridized carbons (Fsp3) is 0.346. The summed E-state index contributed by atoms with van der Waals surface area (Å²) in [4.78, 5) is 137. The number of amides is 4. The molecule has 0 spiro atoms. The van der Waals surface area contributed by atoms with E-state index < -0.39 is 81.5 Å². The second-order valence-electron chi connectivity index (χ2n) is 20.8. The maximum absolute atomic E-state index is 13.4. The van der Waals surface area contributed by atoms with Crippen LogP contribution in [0.5, 0.6) is 23.0 Å². The largest absolute Gasteiger partial charge is 1.00 e. The van der Waals surface area contributed by atoms with Gasteiger partial charge >= 0.3 is 71.1 Å². The summed E-state index contributed by atoms with van der Waals surface area (Å²) in [5, 5.41) is 98.0. The molecule has 4 fully saturated rings. The van der Waals surface area contributed by atoms with E-state index in [1.165, 1.54) is 58.5 Å². The van der Waals surface area contributed by atoms with Gasteiger partial charge in [0.2, 0.25) is 11.2 Å². The number of thioether (sulfide) groups is 4. The van der Waals surface area contributed by atoms with Crippen molar-refractivity contribution < 1.29 is 148 Å². The zero-order chi connectivity index (χ0) is 64.1. The standard InChI is InChI=1S/2C26H25N7O9S3.2Na/c2*27-24-28-13(9-44-24)16(32-42-26(23(40)41)3-1-2-4-26)19(36)31-17-20(37)33-18(22(38)39)10(7-43-21(17)33)8-45-25-29-11-5-14(34)15(35)6-12(11)30-25;;/h2*5-6,9,17,21,34-35H,1-4,7-8H2,(H2,27,28)(H,29,30)(H,31,36)(H,38,39)(H,40,41);;/q;;2*+1/p-2/t2*17-,21-;;/m11../s1. The van der Waals surface area contributed by atoms with Gasteiger partial charge < -0.3 is 92.2 Å². The maximum Gasteiger partial charge on any atom is 1.00 e. The normalized spacial score (nSPS) is 20.6. The number of hydrogen-bond acceptors (Lipinski definition) is 30. The van der Waals surface area contributed by atoms with Crippen LogP contribution in [0.25, 0.3) is 22.1 Å². The first kappa shape index (κ1) is 69.4. The number of imidazole rings is 2. The third kappa shape index (κ3) is 13.8. The molecule has 2 aromatic carbocycles. The number of carbonyl (C=O) groups excluding carboxylic acids is 6. The minimum absolute atomic E-state index is 0. The van der Waals surface area contributed by atoms with Gasteiger partial charge in [0.15, 0.2) is 55.0 Å². The number of carboxylic acids is 4. The second-order valence-corrected chi connectivity index (χ2v) is 26.7. The van der Waals surface area contributed by atoms with Gasteiger partial charge in [0.25, 0.3) is 23.6 Å². The van der Waals surface area contributed by atoms with E-state index in [0.29, 0.717) is 69.2 Å². The number of nitrogen functional groups attached to an aromatic ring is 2. The molecule has 32 nitrogen and oxygen atoms in total. The number of phenolic OH excluding ortho intramolecular Hbond substituents is 4. The van der Waals surface area contributed by atoms with Gasteiger partial charge in [0.05, 0.1) is 45.4 Å². The van der Waals surface area contributed by atoms with Crippen LogP contribution in [0.4, 0.5) is 10.3 Å². The number of aromatic amines is 2. The summed E-state index contributed by atoms with van der Waals surface area (Å²) in [6, 6.07) is 2.95. The molecule has 0 bridgehead atoms. The van der Waals surface area contributed by atoms with E-state index in [9.17, 15) is 79.2 Å². The predicted octanol–water partition coefficient (Wildman–Crippen LogP) is -5.34. The minimum atomic E-state index is -1.59. The monoisotopic (exact) mass is 1390 g/mol. The molecule has 2 saturated carbocycles. The van der Waals surface area contributed by atoms with Crippen LogP contribution in [0.1, 0.15) is 62.8 Å². The molecule has 6 aromatic rings. The Morgan fingerprint density at radius 2 is 0.978 bits per heavy atom. The quantitative estimate of drug-likeness (QED) is 0.00848. The number of aromatic nitrogens is 6. The molecule has 472 valence electrons. The number of nitrogens with two attached hydrogens (primary N) is 2. The fourth-order valence-corrected chi connectivity index (χ4v) is 16.3. The van der Waals surface area contributed by atoms with E-state index in [-0.39, 0.29) is 175 Å². The van der Waals surface area contributed by atoms with E-state index in [1.54, 1.807) is 0 Å². The molecule has 4 atom stereocenters. The zero-order valence-corrected chi connectivity index (χ0v) is 56.9. The molecule has 4 aromatic heterocycles. The number of carboxylic acid groups (broad SMARTS) is 4. The van der Waals surface area contributed by atoms with E-state index in [0.717, 1.165) is 56.0 Å². The first-order valence-electron chi connectivity index (χ1n) is 26.8. The Hall–Kier alpha value is -6.98. The summed E-state index contributed by atoms with van der Waals surface area (Å²) in [6.45, 7) is 0.